The van der Waals surface area contributed by atoms with E-state index in [-0.39, 0.29) is 5.41 Å². The first-order valence-electron chi connectivity index (χ1n) is 10.1. The molecule has 0 spiro atoms. The average Bonchev–Trinajstić information content (AvgIpc) is 3.13. The molecule has 2 heterocycles. The highest BCUT2D eigenvalue weighted by atomic mass is 35.5. The van der Waals surface area contributed by atoms with Gasteiger partial charge < -0.3 is 4.57 Å². The molecule has 0 saturated carbocycles. The minimum absolute atomic E-state index is 0.0138. The average molecular weight is 392 g/mol. The van der Waals surface area contributed by atoms with Crippen LogP contribution in [0.5, 0.6) is 0 Å². The molecule has 5 aromatic rings. The van der Waals surface area contributed by atoms with Gasteiger partial charge in [0.2, 0.25) is 0 Å². The fourth-order valence-electron chi connectivity index (χ4n) is 5.71. The van der Waals surface area contributed by atoms with Crippen LogP contribution >= 0.6 is 11.6 Å². The van der Waals surface area contributed by atoms with Crippen LogP contribution in [0.4, 0.5) is 0 Å². The molecule has 0 N–H and O–H groups in total. The van der Waals surface area contributed by atoms with Crippen molar-refractivity contribution in [2.24, 2.45) is 0 Å². The lowest BCUT2D eigenvalue weighted by Gasteiger charge is -2.22. The summed E-state index contributed by atoms with van der Waals surface area (Å²) in [5.74, 6) is 0. The molecule has 1 aliphatic heterocycles. The Kier molecular flexibility index (Phi) is 2.69. The number of hydrogen-bond acceptors (Lipinski definition) is 0. The molecule has 2 aliphatic rings. The highest BCUT2D eigenvalue weighted by Gasteiger charge is 2.40. The number of halogens is 1. The number of fused-ring (bicyclic) bond motifs is 6. The van der Waals surface area contributed by atoms with Crippen molar-refractivity contribution in [1.29, 1.82) is 0 Å². The van der Waals surface area contributed by atoms with Crippen molar-refractivity contribution >= 4 is 33.4 Å². The van der Waals surface area contributed by atoms with Crippen molar-refractivity contribution in [2.75, 3.05) is 0 Å². The van der Waals surface area contributed by atoms with Crippen molar-refractivity contribution in [3.05, 3.63) is 88.9 Å². The van der Waals surface area contributed by atoms with E-state index in [1.165, 1.54) is 55.2 Å². The maximum atomic E-state index is 6.51. The van der Waals surface area contributed by atoms with Crippen molar-refractivity contribution in [3.8, 4) is 27.9 Å². The van der Waals surface area contributed by atoms with Gasteiger partial charge in [-0.15, -0.1) is 0 Å². The molecule has 0 unspecified atom stereocenters. The Morgan fingerprint density at radius 2 is 1.55 bits per heavy atom. The van der Waals surface area contributed by atoms with Gasteiger partial charge in [-0.1, -0.05) is 80.0 Å². The lowest BCUT2D eigenvalue weighted by molar-refractivity contribution is 0.661. The van der Waals surface area contributed by atoms with Crippen LogP contribution in [0.1, 0.15) is 25.0 Å². The van der Waals surface area contributed by atoms with Crippen molar-refractivity contribution in [3.63, 3.8) is 0 Å². The van der Waals surface area contributed by atoms with Gasteiger partial charge in [0.25, 0.3) is 0 Å². The number of para-hydroxylation sites is 1. The summed E-state index contributed by atoms with van der Waals surface area (Å²) < 4.78 is 2.44. The summed E-state index contributed by atoms with van der Waals surface area (Å²) in [5, 5.41) is 3.37. The molecule has 0 fully saturated rings. The maximum absolute atomic E-state index is 6.51. The van der Waals surface area contributed by atoms with Gasteiger partial charge in [0.1, 0.15) is 0 Å². The summed E-state index contributed by atoms with van der Waals surface area (Å²) in [5.41, 5.74) is 11.9. The first-order chi connectivity index (χ1) is 14.1. The van der Waals surface area contributed by atoms with Crippen LogP contribution in [0.25, 0.3) is 49.7 Å². The Morgan fingerprint density at radius 1 is 0.724 bits per heavy atom. The predicted octanol–water partition coefficient (Wildman–Crippen LogP) is 7.72. The molecule has 1 aromatic heterocycles. The molecular weight excluding hydrogens is 374 g/mol. The number of rotatable bonds is 0. The predicted molar refractivity (Wildman–Crippen MR) is 122 cm³/mol. The first kappa shape index (κ1) is 15.8. The summed E-state index contributed by atoms with van der Waals surface area (Å²) >= 11 is 6.51. The fraction of sp³-hybridized carbons (Fsp3) is 0.111. The standard InChI is InChI=1S/C27H18ClN/c1-27(2)20-8-5-7-18-17-11-10-15(28)14-23(17)29-22-9-4-3-6-16(22)19-12-13-21(27)25(24(18)20)26(19)29/h3-14H,1-2H3. The Labute approximate surface area is 174 Å². The smallest absolute Gasteiger partial charge is 0.0623 e. The topological polar surface area (TPSA) is 4.93 Å². The number of aromatic nitrogens is 1. The summed E-state index contributed by atoms with van der Waals surface area (Å²) in [6.45, 7) is 4.70. The summed E-state index contributed by atoms with van der Waals surface area (Å²) in [7, 11) is 0. The second kappa shape index (κ2) is 4.93. The molecule has 0 saturated heterocycles. The lowest BCUT2D eigenvalue weighted by atomic mass is 9.81. The zero-order valence-electron chi connectivity index (χ0n) is 16.3. The van der Waals surface area contributed by atoms with Gasteiger partial charge in [-0.3, -0.25) is 0 Å². The Hall–Kier alpha value is -3.03. The minimum atomic E-state index is -0.0138. The highest BCUT2D eigenvalue weighted by molar-refractivity contribution is 6.31. The molecule has 0 atom stereocenters. The molecule has 1 aliphatic carbocycles. The van der Waals surface area contributed by atoms with E-state index in [2.05, 4.69) is 85.1 Å². The molecule has 29 heavy (non-hydrogen) atoms. The van der Waals surface area contributed by atoms with Gasteiger partial charge in [-0.05, 0) is 40.5 Å². The van der Waals surface area contributed by atoms with Crippen molar-refractivity contribution in [1.82, 2.24) is 4.57 Å². The Bertz CT molecular complexity index is 1530. The van der Waals surface area contributed by atoms with E-state index < -0.39 is 0 Å². The second-order valence-electron chi connectivity index (χ2n) is 8.75. The fourth-order valence-corrected chi connectivity index (χ4v) is 5.88. The molecule has 0 bridgehead atoms. The third kappa shape index (κ3) is 1.70. The van der Waals surface area contributed by atoms with Crippen LogP contribution in [0.3, 0.4) is 0 Å². The van der Waals surface area contributed by atoms with Crippen LogP contribution in [0, 0.1) is 0 Å². The highest BCUT2D eigenvalue weighted by Crippen LogP contribution is 2.57. The van der Waals surface area contributed by atoms with Gasteiger partial charge in [0.05, 0.1) is 16.7 Å². The van der Waals surface area contributed by atoms with Crippen LogP contribution in [-0.2, 0) is 5.41 Å². The van der Waals surface area contributed by atoms with E-state index in [1.807, 2.05) is 6.07 Å². The first-order valence-corrected chi connectivity index (χ1v) is 10.5. The van der Waals surface area contributed by atoms with Gasteiger partial charge in [-0.2, -0.15) is 0 Å². The van der Waals surface area contributed by atoms with E-state index in [0.29, 0.717) is 0 Å². The van der Waals surface area contributed by atoms with Crippen LogP contribution in [0.15, 0.2) is 72.8 Å². The van der Waals surface area contributed by atoms with E-state index in [9.17, 15) is 0 Å². The van der Waals surface area contributed by atoms with Crippen LogP contribution in [-0.4, -0.2) is 4.57 Å². The quantitative estimate of drug-likeness (QED) is 0.249. The third-order valence-electron chi connectivity index (χ3n) is 6.99. The Balaban J connectivity index is 1.87. The molecular formula is C27H18ClN. The van der Waals surface area contributed by atoms with Crippen molar-refractivity contribution in [2.45, 2.75) is 19.3 Å². The minimum Gasteiger partial charge on any atom is -0.308 e. The summed E-state index contributed by atoms with van der Waals surface area (Å²) in [6.07, 6.45) is 0. The van der Waals surface area contributed by atoms with E-state index in [1.54, 1.807) is 0 Å². The van der Waals surface area contributed by atoms with Crippen LogP contribution < -0.4 is 0 Å². The normalized spacial score (nSPS) is 15.0. The summed E-state index contributed by atoms with van der Waals surface area (Å²) in [6, 6.07) is 26.5. The molecule has 0 amide bonds. The van der Waals surface area contributed by atoms with E-state index in [4.69, 9.17) is 11.6 Å². The van der Waals surface area contributed by atoms with Gasteiger partial charge >= 0.3 is 0 Å². The van der Waals surface area contributed by atoms with Gasteiger partial charge in [0, 0.05) is 32.3 Å². The number of hydrogen-bond donors (Lipinski definition) is 0. The van der Waals surface area contributed by atoms with E-state index in [0.717, 1.165) is 10.7 Å². The SMILES string of the molecule is CC1(C)c2cccc3c2-c2c1ccc1c4ccccc4n(c21)-c1cc(Cl)ccc1-3. The van der Waals surface area contributed by atoms with Crippen molar-refractivity contribution < 1.29 is 0 Å². The lowest BCUT2D eigenvalue weighted by Crippen LogP contribution is -2.15. The summed E-state index contributed by atoms with van der Waals surface area (Å²) in [4.78, 5) is 0. The third-order valence-corrected chi connectivity index (χ3v) is 7.22. The number of benzene rings is 4. The monoisotopic (exact) mass is 391 g/mol. The van der Waals surface area contributed by atoms with Gasteiger partial charge in [-0.25, -0.2) is 0 Å². The molecule has 2 heteroatoms. The molecule has 138 valence electrons. The number of nitrogens with zero attached hydrogens (tertiary/aromatic N) is 1. The molecule has 1 nitrogen and oxygen atoms in total. The molecule has 4 aromatic carbocycles. The maximum Gasteiger partial charge on any atom is 0.0623 e. The Morgan fingerprint density at radius 3 is 2.45 bits per heavy atom. The molecule has 0 radical (unpaired) electrons. The van der Waals surface area contributed by atoms with E-state index >= 15 is 0 Å². The zero-order valence-corrected chi connectivity index (χ0v) is 17.0. The largest absolute Gasteiger partial charge is 0.308 e. The van der Waals surface area contributed by atoms with Gasteiger partial charge in [0.15, 0.2) is 0 Å². The second-order valence-corrected chi connectivity index (χ2v) is 9.19. The van der Waals surface area contributed by atoms with Crippen LogP contribution in [0.2, 0.25) is 5.02 Å². The molecule has 7 rings (SSSR count). The zero-order chi connectivity index (χ0) is 19.5.